The number of hydrogen-bond acceptors (Lipinski definition) is 6. The molecule has 4 bridgehead atoms. The number of amides is 1. The summed E-state index contributed by atoms with van der Waals surface area (Å²) in [4.78, 5) is 30.5. The summed E-state index contributed by atoms with van der Waals surface area (Å²) in [6.45, 7) is 0.692. The van der Waals surface area contributed by atoms with Gasteiger partial charge in [0.1, 0.15) is 18.0 Å². The van der Waals surface area contributed by atoms with Crippen molar-refractivity contribution in [3.05, 3.63) is 23.9 Å². The van der Waals surface area contributed by atoms with Crippen molar-refractivity contribution in [2.75, 3.05) is 20.2 Å². The van der Waals surface area contributed by atoms with Crippen LogP contribution in [-0.4, -0.2) is 54.4 Å². The lowest BCUT2D eigenvalue weighted by Crippen LogP contribution is -2.58. The smallest absolute Gasteiger partial charge is 0.410 e. The summed E-state index contributed by atoms with van der Waals surface area (Å²) in [7, 11) is 1.44. The average molecular weight is 436 g/mol. The Balaban J connectivity index is 1.19. The number of likely N-dealkylation sites (tertiary alicyclic amines) is 1. The highest BCUT2D eigenvalue weighted by atomic mass is 19.1. The van der Waals surface area contributed by atoms with Crippen molar-refractivity contribution in [1.82, 2.24) is 9.88 Å². The Morgan fingerprint density at radius 1 is 1.19 bits per heavy atom. The number of aromatic nitrogens is 1. The predicted octanol–water partition coefficient (Wildman–Crippen LogP) is 3.32. The summed E-state index contributed by atoms with van der Waals surface area (Å²) in [6.07, 6.45) is 4.67. The van der Waals surface area contributed by atoms with E-state index in [0.717, 1.165) is 31.5 Å². The van der Waals surface area contributed by atoms with Crippen LogP contribution in [0.5, 0.6) is 5.88 Å². The minimum absolute atomic E-state index is 0.127. The van der Waals surface area contributed by atoms with Gasteiger partial charge in [0.05, 0.1) is 25.3 Å². The monoisotopic (exact) mass is 436 g/mol. The number of hydrogen-bond donors (Lipinski definition) is 0. The first kappa shape index (κ1) is 20.5. The normalized spacial score (nSPS) is 35.8. The Morgan fingerprint density at radius 3 is 2.61 bits per heavy atom. The summed E-state index contributed by atoms with van der Waals surface area (Å²) in [5, 5.41) is 0. The number of carbonyl (C=O) groups is 2. The van der Waals surface area contributed by atoms with E-state index in [4.69, 9.17) is 14.2 Å². The molecule has 1 aromatic heterocycles. The van der Waals surface area contributed by atoms with E-state index in [1.807, 2.05) is 0 Å². The summed E-state index contributed by atoms with van der Waals surface area (Å²) < 4.78 is 43.4. The third kappa shape index (κ3) is 3.61. The van der Waals surface area contributed by atoms with Crippen LogP contribution in [0, 0.1) is 34.8 Å². The fourth-order valence-corrected chi connectivity index (χ4v) is 6.46. The van der Waals surface area contributed by atoms with Crippen molar-refractivity contribution in [3.63, 3.8) is 0 Å². The third-order valence-electron chi connectivity index (χ3n) is 7.50. The van der Waals surface area contributed by atoms with Crippen molar-refractivity contribution in [1.29, 1.82) is 0 Å². The number of halogens is 2. The molecule has 2 unspecified atom stereocenters. The van der Waals surface area contributed by atoms with Gasteiger partial charge in [0.15, 0.2) is 5.82 Å². The van der Waals surface area contributed by atoms with E-state index < -0.39 is 29.2 Å². The molecule has 0 N–H and O–H groups in total. The summed E-state index contributed by atoms with van der Waals surface area (Å²) in [6, 6.07) is 0.719. The quantitative estimate of drug-likeness (QED) is 0.674. The highest BCUT2D eigenvalue weighted by Gasteiger charge is 2.60. The van der Waals surface area contributed by atoms with Crippen LogP contribution in [0.2, 0.25) is 0 Å². The minimum Gasteiger partial charge on any atom is -0.470 e. The maximum atomic E-state index is 13.8. The second-order valence-corrected chi connectivity index (χ2v) is 9.51. The Morgan fingerprint density at radius 2 is 1.94 bits per heavy atom. The molecule has 9 heteroatoms. The zero-order valence-electron chi connectivity index (χ0n) is 17.4. The molecule has 5 aliphatic rings. The van der Waals surface area contributed by atoms with Gasteiger partial charge in [-0.15, -0.1) is 0 Å². The van der Waals surface area contributed by atoms with Gasteiger partial charge in [0.2, 0.25) is 0 Å². The number of esters is 1. The van der Waals surface area contributed by atoms with Crippen LogP contribution in [0.1, 0.15) is 38.5 Å². The van der Waals surface area contributed by atoms with Crippen molar-refractivity contribution in [2.24, 2.45) is 23.2 Å². The van der Waals surface area contributed by atoms with Gasteiger partial charge in [-0.3, -0.25) is 4.79 Å². The average Bonchev–Trinajstić information content (AvgIpc) is 3.20. The Labute approximate surface area is 179 Å². The molecule has 4 saturated carbocycles. The largest absolute Gasteiger partial charge is 0.470 e. The van der Waals surface area contributed by atoms with E-state index >= 15 is 0 Å². The zero-order chi connectivity index (χ0) is 21.8. The SMILES string of the molecule is COC(=O)C12CC3CC(C1)C(OC(=O)N1CC[C@@H](Oc4ncc(F)cc4F)C1)C(C3)C2. The molecule has 1 amide bonds. The van der Waals surface area contributed by atoms with E-state index in [-0.39, 0.29) is 36.3 Å². The van der Waals surface area contributed by atoms with Gasteiger partial charge < -0.3 is 19.1 Å². The van der Waals surface area contributed by atoms with Crippen LogP contribution < -0.4 is 4.74 Å². The fourth-order valence-electron chi connectivity index (χ4n) is 6.46. The van der Waals surface area contributed by atoms with Gasteiger partial charge in [-0.05, 0) is 49.9 Å². The lowest BCUT2D eigenvalue weighted by Gasteiger charge is -2.57. The molecule has 1 saturated heterocycles. The van der Waals surface area contributed by atoms with Crippen LogP contribution in [0.3, 0.4) is 0 Å². The predicted molar refractivity (Wildman–Crippen MR) is 103 cm³/mol. The van der Waals surface area contributed by atoms with E-state index in [0.29, 0.717) is 31.7 Å². The van der Waals surface area contributed by atoms with Crippen LogP contribution in [0.15, 0.2) is 12.3 Å². The molecule has 3 atom stereocenters. The van der Waals surface area contributed by atoms with Crippen LogP contribution >= 0.6 is 0 Å². The molecule has 168 valence electrons. The lowest BCUT2D eigenvalue weighted by atomic mass is 9.48. The second-order valence-electron chi connectivity index (χ2n) is 9.51. The molecule has 5 fully saturated rings. The highest BCUT2D eigenvalue weighted by Crippen LogP contribution is 2.61. The van der Waals surface area contributed by atoms with Gasteiger partial charge in [-0.2, -0.15) is 0 Å². The molecule has 31 heavy (non-hydrogen) atoms. The standard InChI is InChI=1S/C22H26F2N2O5/c1-29-20(27)22-7-12-4-13(8-22)18(14(5-12)9-22)31-21(28)26-3-2-16(11-26)30-19-17(24)6-15(23)10-25-19/h6,10,12-14,16,18H,2-5,7-9,11H2,1H3/t12?,13?,14?,16-,18?,22?/m1/s1. The summed E-state index contributed by atoms with van der Waals surface area (Å²) in [5.74, 6) is -1.17. The summed E-state index contributed by atoms with van der Waals surface area (Å²) >= 11 is 0. The minimum atomic E-state index is -0.867. The molecule has 0 radical (unpaired) electrons. The maximum Gasteiger partial charge on any atom is 0.410 e. The van der Waals surface area contributed by atoms with E-state index in [1.165, 1.54) is 7.11 Å². The number of methoxy groups -OCH3 is 1. The maximum absolute atomic E-state index is 13.8. The molecule has 7 nitrogen and oxygen atoms in total. The molecule has 0 aromatic carbocycles. The molecule has 4 aliphatic carbocycles. The molecular weight excluding hydrogens is 410 g/mol. The van der Waals surface area contributed by atoms with E-state index in [1.54, 1.807) is 4.90 Å². The first-order valence-electron chi connectivity index (χ1n) is 10.9. The van der Waals surface area contributed by atoms with Crippen LogP contribution in [-0.2, 0) is 14.3 Å². The number of pyridine rings is 1. The number of rotatable bonds is 4. The molecule has 1 aromatic rings. The van der Waals surface area contributed by atoms with E-state index in [2.05, 4.69) is 4.98 Å². The Hall–Kier alpha value is -2.45. The molecule has 1 aliphatic heterocycles. The van der Waals surface area contributed by atoms with Crippen molar-refractivity contribution < 1.29 is 32.6 Å². The molecule has 0 spiro atoms. The second kappa shape index (κ2) is 7.60. The highest BCUT2D eigenvalue weighted by molar-refractivity contribution is 5.77. The number of ether oxygens (including phenoxy) is 3. The zero-order valence-corrected chi connectivity index (χ0v) is 17.4. The number of nitrogens with zero attached hydrogens (tertiary/aromatic N) is 2. The summed E-state index contributed by atoms with van der Waals surface area (Å²) in [5.41, 5.74) is -0.410. The first-order valence-corrected chi connectivity index (χ1v) is 10.9. The first-order chi connectivity index (χ1) is 14.9. The van der Waals surface area contributed by atoms with Crippen LogP contribution in [0.25, 0.3) is 0 Å². The third-order valence-corrected chi connectivity index (χ3v) is 7.50. The van der Waals surface area contributed by atoms with Gasteiger partial charge in [0, 0.05) is 19.0 Å². The molecule has 6 rings (SSSR count). The topological polar surface area (TPSA) is 78.0 Å². The fraction of sp³-hybridized carbons (Fsp3) is 0.682. The van der Waals surface area contributed by atoms with E-state index in [9.17, 15) is 18.4 Å². The van der Waals surface area contributed by atoms with Crippen LogP contribution in [0.4, 0.5) is 13.6 Å². The van der Waals surface area contributed by atoms with Crippen molar-refractivity contribution >= 4 is 12.1 Å². The Bertz CT molecular complexity index is 881. The number of carbonyl (C=O) groups excluding carboxylic acids is 2. The Kier molecular flexibility index (Phi) is 5.01. The molecule has 2 heterocycles. The van der Waals surface area contributed by atoms with Gasteiger partial charge in [0.25, 0.3) is 5.88 Å². The van der Waals surface area contributed by atoms with Gasteiger partial charge in [-0.1, -0.05) is 0 Å². The van der Waals surface area contributed by atoms with Gasteiger partial charge >= 0.3 is 12.1 Å². The van der Waals surface area contributed by atoms with Crippen molar-refractivity contribution in [2.45, 2.75) is 50.7 Å². The van der Waals surface area contributed by atoms with Gasteiger partial charge in [-0.25, -0.2) is 18.6 Å². The molecular formula is C22H26F2N2O5. The lowest BCUT2D eigenvalue weighted by molar-refractivity contribution is -0.182. The van der Waals surface area contributed by atoms with Crippen molar-refractivity contribution in [3.8, 4) is 5.88 Å².